The topological polar surface area (TPSA) is 56.0 Å². The number of hydrogen-bond donors (Lipinski definition) is 1. The SMILES string of the molecule is COc1ccc(CC[NH2+]Cc2cc(=O)oc3cc(C)c(C)cc23)cc1. The fourth-order valence-electron chi connectivity index (χ4n) is 2.97. The minimum atomic E-state index is -0.283. The number of methoxy groups -OCH3 is 1. The first kappa shape index (κ1) is 17.2. The van der Waals surface area contributed by atoms with Crippen LogP contribution < -0.4 is 15.7 Å². The third-order valence-corrected chi connectivity index (χ3v) is 4.60. The van der Waals surface area contributed by atoms with Crippen molar-refractivity contribution in [1.82, 2.24) is 0 Å². The predicted octanol–water partition coefficient (Wildman–Crippen LogP) is 2.72. The molecule has 0 unspecified atom stereocenters. The number of rotatable bonds is 6. The fraction of sp³-hybridized carbons (Fsp3) is 0.286. The molecule has 0 saturated heterocycles. The molecule has 0 spiro atoms. The third-order valence-electron chi connectivity index (χ3n) is 4.60. The van der Waals surface area contributed by atoms with Gasteiger partial charge in [-0.25, -0.2) is 4.79 Å². The zero-order valence-corrected chi connectivity index (χ0v) is 15.0. The lowest BCUT2D eigenvalue weighted by Gasteiger charge is -2.08. The molecule has 0 amide bonds. The lowest BCUT2D eigenvalue weighted by molar-refractivity contribution is -0.670. The van der Waals surface area contributed by atoms with Crippen LogP contribution in [0.1, 0.15) is 22.3 Å². The number of aryl methyl sites for hydroxylation is 2. The van der Waals surface area contributed by atoms with E-state index in [1.54, 1.807) is 13.2 Å². The van der Waals surface area contributed by atoms with Gasteiger partial charge in [0.1, 0.15) is 17.9 Å². The second-order valence-electron chi connectivity index (χ2n) is 6.40. The Labute approximate surface area is 147 Å². The molecule has 130 valence electrons. The summed E-state index contributed by atoms with van der Waals surface area (Å²) in [6.45, 7) is 5.83. The maximum atomic E-state index is 11.8. The Morgan fingerprint density at radius 1 is 1.04 bits per heavy atom. The maximum absolute atomic E-state index is 11.8. The maximum Gasteiger partial charge on any atom is 0.336 e. The van der Waals surface area contributed by atoms with Crippen molar-refractivity contribution < 1.29 is 14.5 Å². The van der Waals surface area contributed by atoms with Gasteiger partial charge in [0, 0.05) is 23.4 Å². The van der Waals surface area contributed by atoms with Crippen molar-refractivity contribution in [3.05, 3.63) is 75.1 Å². The van der Waals surface area contributed by atoms with E-state index in [1.165, 1.54) is 11.1 Å². The molecule has 0 aliphatic rings. The molecular formula is C21H24NO3+. The highest BCUT2D eigenvalue weighted by Crippen LogP contribution is 2.21. The molecule has 4 nitrogen and oxygen atoms in total. The average Bonchev–Trinajstić information content (AvgIpc) is 2.60. The molecule has 3 rings (SSSR count). The van der Waals surface area contributed by atoms with Gasteiger partial charge >= 0.3 is 5.63 Å². The summed E-state index contributed by atoms with van der Waals surface area (Å²) in [7, 11) is 1.67. The number of benzene rings is 2. The van der Waals surface area contributed by atoms with Crippen LogP contribution >= 0.6 is 0 Å². The molecular weight excluding hydrogens is 314 g/mol. The van der Waals surface area contributed by atoms with Crippen molar-refractivity contribution in [2.75, 3.05) is 13.7 Å². The van der Waals surface area contributed by atoms with E-state index in [0.717, 1.165) is 41.8 Å². The van der Waals surface area contributed by atoms with Crippen LogP contribution in [0.4, 0.5) is 0 Å². The molecule has 0 atom stereocenters. The van der Waals surface area contributed by atoms with Crippen LogP contribution in [0.3, 0.4) is 0 Å². The summed E-state index contributed by atoms with van der Waals surface area (Å²) in [6.07, 6.45) is 0.974. The summed E-state index contributed by atoms with van der Waals surface area (Å²) in [5, 5.41) is 3.26. The minimum absolute atomic E-state index is 0.283. The van der Waals surface area contributed by atoms with Gasteiger partial charge in [-0.2, -0.15) is 0 Å². The van der Waals surface area contributed by atoms with Crippen LogP contribution in [0.2, 0.25) is 0 Å². The quantitative estimate of drug-likeness (QED) is 0.555. The highest BCUT2D eigenvalue weighted by molar-refractivity contribution is 5.81. The van der Waals surface area contributed by atoms with Crippen LogP contribution in [-0.2, 0) is 13.0 Å². The van der Waals surface area contributed by atoms with Gasteiger partial charge in [-0.3, -0.25) is 0 Å². The van der Waals surface area contributed by atoms with Gasteiger partial charge in [0.2, 0.25) is 0 Å². The van der Waals surface area contributed by atoms with Crippen molar-refractivity contribution in [3.8, 4) is 5.75 Å². The molecule has 1 heterocycles. The lowest BCUT2D eigenvalue weighted by atomic mass is 10.0. The Hall–Kier alpha value is -2.59. The van der Waals surface area contributed by atoms with Crippen molar-refractivity contribution in [1.29, 1.82) is 0 Å². The van der Waals surface area contributed by atoms with Crippen LogP contribution in [-0.4, -0.2) is 13.7 Å². The van der Waals surface area contributed by atoms with Crippen LogP contribution in [0.25, 0.3) is 11.0 Å². The number of ether oxygens (including phenoxy) is 1. The fourth-order valence-corrected chi connectivity index (χ4v) is 2.97. The number of hydrogen-bond acceptors (Lipinski definition) is 3. The highest BCUT2D eigenvalue weighted by Gasteiger charge is 2.09. The molecule has 0 bridgehead atoms. The first-order valence-corrected chi connectivity index (χ1v) is 8.55. The van der Waals surface area contributed by atoms with Crippen molar-refractivity contribution in [3.63, 3.8) is 0 Å². The molecule has 0 radical (unpaired) electrons. The van der Waals surface area contributed by atoms with E-state index in [4.69, 9.17) is 9.15 Å². The number of fused-ring (bicyclic) bond motifs is 1. The highest BCUT2D eigenvalue weighted by atomic mass is 16.5. The summed E-state index contributed by atoms with van der Waals surface area (Å²) in [6, 6.07) is 13.8. The Kier molecular flexibility index (Phi) is 5.19. The zero-order chi connectivity index (χ0) is 17.8. The summed E-state index contributed by atoms with van der Waals surface area (Å²) in [5.41, 5.74) is 5.05. The molecule has 4 heteroatoms. The Bertz CT molecular complexity index is 926. The Morgan fingerprint density at radius 2 is 1.76 bits per heavy atom. The molecule has 25 heavy (non-hydrogen) atoms. The Morgan fingerprint density at radius 3 is 2.48 bits per heavy atom. The second-order valence-corrected chi connectivity index (χ2v) is 6.40. The van der Waals surface area contributed by atoms with Crippen LogP contribution in [0, 0.1) is 13.8 Å². The molecule has 0 fully saturated rings. The molecule has 1 aromatic heterocycles. The average molecular weight is 338 g/mol. The van der Waals surface area contributed by atoms with Gasteiger partial charge in [-0.05, 0) is 54.8 Å². The zero-order valence-electron chi connectivity index (χ0n) is 15.0. The van der Waals surface area contributed by atoms with E-state index < -0.39 is 0 Å². The lowest BCUT2D eigenvalue weighted by Crippen LogP contribution is -2.83. The van der Waals surface area contributed by atoms with Crippen molar-refractivity contribution in [2.24, 2.45) is 0 Å². The van der Waals surface area contributed by atoms with Gasteiger partial charge in [0.25, 0.3) is 0 Å². The Balaban J connectivity index is 1.68. The predicted molar refractivity (Wildman–Crippen MR) is 99.2 cm³/mol. The molecule has 3 aromatic rings. The van der Waals surface area contributed by atoms with Gasteiger partial charge in [-0.15, -0.1) is 0 Å². The van der Waals surface area contributed by atoms with E-state index in [1.807, 2.05) is 25.1 Å². The van der Waals surface area contributed by atoms with Gasteiger partial charge in [0.15, 0.2) is 0 Å². The van der Waals surface area contributed by atoms with Crippen molar-refractivity contribution >= 4 is 11.0 Å². The summed E-state index contributed by atoms with van der Waals surface area (Å²) in [4.78, 5) is 11.8. The summed E-state index contributed by atoms with van der Waals surface area (Å²) >= 11 is 0. The monoisotopic (exact) mass is 338 g/mol. The van der Waals surface area contributed by atoms with E-state index in [9.17, 15) is 4.79 Å². The minimum Gasteiger partial charge on any atom is -0.497 e. The number of nitrogens with two attached hydrogens (primary N) is 1. The van der Waals surface area contributed by atoms with E-state index in [-0.39, 0.29) is 5.63 Å². The molecule has 2 aromatic carbocycles. The van der Waals surface area contributed by atoms with Crippen LogP contribution in [0.5, 0.6) is 5.75 Å². The molecule has 0 aliphatic heterocycles. The largest absolute Gasteiger partial charge is 0.497 e. The molecule has 0 aliphatic carbocycles. The van der Waals surface area contributed by atoms with E-state index >= 15 is 0 Å². The van der Waals surface area contributed by atoms with Crippen molar-refractivity contribution in [2.45, 2.75) is 26.8 Å². The van der Waals surface area contributed by atoms with Gasteiger partial charge < -0.3 is 14.5 Å². The van der Waals surface area contributed by atoms with E-state index in [2.05, 4.69) is 30.4 Å². The third kappa shape index (κ3) is 4.09. The summed E-state index contributed by atoms with van der Waals surface area (Å²) < 4.78 is 10.5. The normalized spacial score (nSPS) is 11.0. The first-order valence-electron chi connectivity index (χ1n) is 8.55. The van der Waals surface area contributed by atoms with Gasteiger partial charge in [0.05, 0.1) is 13.7 Å². The second kappa shape index (κ2) is 7.53. The van der Waals surface area contributed by atoms with Gasteiger partial charge in [-0.1, -0.05) is 12.1 Å². The summed E-state index contributed by atoms with van der Waals surface area (Å²) in [5.74, 6) is 0.876. The van der Waals surface area contributed by atoms with E-state index in [0.29, 0.717) is 5.58 Å². The van der Waals surface area contributed by atoms with Crippen LogP contribution in [0.15, 0.2) is 51.7 Å². The smallest absolute Gasteiger partial charge is 0.336 e. The molecule has 2 N–H and O–H groups in total. The first-order chi connectivity index (χ1) is 12.1. The standard InChI is InChI=1S/C21H23NO3/c1-14-10-19-17(12-21(23)25-20(19)11-15(14)2)13-22-9-8-16-4-6-18(24-3)7-5-16/h4-7,10-12,22H,8-9,13H2,1-3H3/p+1. The number of quaternary nitrogens is 1. The molecule has 0 saturated carbocycles.